The lowest BCUT2D eigenvalue weighted by molar-refractivity contribution is -0.274. The van der Waals surface area contributed by atoms with Gasteiger partial charge in [0.2, 0.25) is 5.91 Å². The minimum Gasteiger partial charge on any atom is -0.406 e. The molecule has 1 fully saturated rings. The molecule has 8 heteroatoms. The molecule has 1 aromatic carbocycles. The molecular weight excluding hydrogens is 377 g/mol. The molecule has 1 saturated heterocycles. The lowest BCUT2D eigenvalue weighted by Gasteiger charge is -2.27. The number of rotatable bonds is 5. The number of benzene rings is 1. The number of pyridine rings is 1. The number of nitrogens with zero attached hydrogens (tertiary/aromatic N) is 2. The normalized spacial score (nSPS) is 17.6. The number of carbonyl (C=O) groups is 1. The minimum absolute atomic E-state index is 0.0856. The van der Waals surface area contributed by atoms with Crippen LogP contribution in [0.1, 0.15) is 24.8 Å². The molecule has 1 aliphatic heterocycles. The van der Waals surface area contributed by atoms with Crippen LogP contribution >= 0.6 is 11.8 Å². The van der Waals surface area contributed by atoms with E-state index in [-0.39, 0.29) is 17.0 Å². The summed E-state index contributed by atoms with van der Waals surface area (Å²) in [6.45, 7) is 4.75. The Labute approximate surface area is 159 Å². The van der Waals surface area contributed by atoms with Crippen LogP contribution in [-0.2, 0) is 4.79 Å². The smallest absolute Gasteiger partial charge is 0.406 e. The third kappa shape index (κ3) is 4.74. The second kappa shape index (κ2) is 7.80. The van der Waals surface area contributed by atoms with Gasteiger partial charge in [-0.05, 0) is 35.2 Å². The van der Waals surface area contributed by atoms with Gasteiger partial charge >= 0.3 is 6.36 Å². The van der Waals surface area contributed by atoms with Gasteiger partial charge in [-0.15, -0.1) is 24.9 Å². The Kier molecular flexibility index (Phi) is 5.64. The topological polar surface area (TPSA) is 42.4 Å². The van der Waals surface area contributed by atoms with Crippen molar-refractivity contribution in [1.29, 1.82) is 0 Å². The molecule has 0 saturated carbocycles. The largest absolute Gasteiger partial charge is 0.573 e. The van der Waals surface area contributed by atoms with Gasteiger partial charge < -0.3 is 9.64 Å². The van der Waals surface area contributed by atoms with Crippen molar-refractivity contribution in [3.8, 4) is 16.9 Å². The van der Waals surface area contributed by atoms with E-state index in [1.54, 1.807) is 24.5 Å². The first-order chi connectivity index (χ1) is 12.7. The van der Waals surface area contributed by atoms with Crippen molar-refractivity contribution in [1.82, 2.24) is 9.88 Å². The Balaban J connectivity index is 1.91. The molecular formula is C19H19F3N2O2S. The Morgan fingerprint density at radius 1 is 1.26 bits per heavy atom. The van der Waals surface area contributed by atoms with Crippen molar-refractivity contribution >= 4 is 17.7 Å². The molecule has 1 atom stereocenters. The molecule has 27 heavy (non-hydrogen) atoms. The van der Waals surface area contributed by atoms with Crippen LogP contribution in [0.15, 0.2) is 42.7 Å². The van der Waals surface area contributed by atoms with Crippen LogP contribution < -0.4 is 4.74 Å². The number of thioether (sulfide) groups is 1. The van der Waals surface area contributed by atoms with E-state index in [1.165, 1.54) is 23.9 Å². The molecule has 144 valence electrons. The van der Waals surface area contributed by atoms with E-state index in [0.29, 0.717) is 18.2 Å². The molecule has 0 aliphatic carbocycles. The van der Waals surface area contributed by atoms with Gasteiger partial charge in [-0.25, -0.2) is 0 Å². The molecule has 2 aromatic rings. The highest BCUT2D eigenvalue weighted by atomic mass is 32.2. The molecule has 4 nitrogen and oxygen atoms in total. The summed E-state index contributed by atoms with van der Waals surface area (Å²) in [6.07, 6.45) is -1.37. The first-order valence-electron chi connectivity index (χ1n) is 8.46. The zero-order valence-electron chi connectivity index (χ0n) is 14.9. The van der Waals surface area contributed by atoms with Crippen molar-refractivity contribution in [2.24, 2.45) is 5.92 Å². The molecule has 1 amide bonds. The lowest BCUT2D eigenvalue weighted by Crippen LogP contribution is -2.31. The van der Waals surface area contributed by atoms with Crippen molar-refractivity contribution in [2.45, 2.75) is 25.6 Å². The maximum Gasteiger partial charge on any atom is 0.573 e. The average molecular weight is 396 g/mol. The number of ether oxygens (including phenoxy) is 1. The summed E-state index contributed by atoms with van der Waals surface area (Å²) in [5.41, 5.74) is 2.45. The SMILES string of the molecule is CC(C)CN1C(=O)CSC1c1cnccc1-c1ccc(OC(F)(F)F)cc1. The van der Waals surface area contributed by atoms with E-state index in [1.807, 2.05) is 11.0 Å². The second-order valence-corrected chi connectivity index (χ2v) is 7.71. The lowest BCUT2D eigenvalue weighted by atomic mass is 10.0. The fourth-order valence-electron chi connectivity index (χ4n) is 3.01. The van der Waals surface area contributed by atoms with Crippen LogP contribution in [0.4, 0.5) is 13.2 Å². The second-order valence-electron chi connectivity index (χ2n) is 6.64. The van der Waals surface area contributed by atoms with E-state index in [9.17, 15) is 18.0 Å². The summed E-state index contributed by atoms with van der Waals surface area (Å²) in [5.74, 6) is 0.551. The number of amides is 1. The molecule has 1 aromatic heterocycles. The van der Waals surface area contributed by atoms with Gasteiger partial charge in [0.15, 0.2) is 0 Å². The Morgan fingerprint density at radius 2 is 1.96 bits per heavy atom. The Morgan fingerprint density at radius 3 is 2.59 bits per heavy atom. The summed E-state index contributed by atoms with van der Waals surface area (Å²) in [7, 11) is 0. The van der Waals surface area contributed by atoms with Gasteiger partial charge in [0.25, 0.3) is 0 Å². The maximum atomic E-state index is 12.3. The molecule has 1 aliphatic rings. The predicted molar refractivity (Wildman–Crippen MR) is 98.1 cm³/mol. The molecule has 0 radical (unpaired) electrons. The molecule has 0 N–H and O–H groups in total. The summed E-state index contributed by atoms with van der Waals surface area (Å²) in [5, 5.41) is -0.158. The van der Waals surface area contributed by atoms with Crippen LogP contribution in [-0.4, -0.2) is 34.5 Å². The van der Waals surface area contributed by atoms with E-state index in [0.717, 1.165) is 16.7 Å². The highest BCUT2D eigenvalue weighted by Crippen LogP contribution is 2.42. The fraction of sp³-hybridized carbons (Fsp3) is 0.368. The number of hydrogen-bond donors (Lipinski definition) is 0. The fourth-order valence-corrected chi connectivity index (χ4v) is 4.22. The molecule has 0 bridgehead atoms. The zero-order valence-corrected chi connectivity index (χ0v) is 15.7. The molecule has 3 rings (SSSR count). The third-order valence-electron chi connectivity index (χ3n) is 4.05. The number of carbonyl (C=O) groups excluding carboxylic acids is 1. The van der Waals surface area contributed by atoms with Gasteiger partial charge in [-0.3, -0.25) is 9.78 Å². The number of aromatic nitrogens is 1. The zero-order chi connectivity index (χ0) is 19.6. The van der Waals surface area contributed by atoms with Gasteiger partial charge in [0.1, 0.15) is 11.1 Å². The van der Waals surface area contributed by atoms with Crippen molar-refractivity contribution in [3.63, 3.8) is 0 Å². The van der Waals surface area contributed by atoms with Gasteiger partial charge in [-0.2, -0.15) is 0 Å². The minimum atomic E-state index is -4.72. The first kappa shape index (κ1) is 19.5. The van der Waals surface area contributed by atoms with E-state index in [2.05, 4.69) is 23.6 Å². The summed E-state index contributed by atoms with van der Waals surface area (Å²) in [4.78, 5) is 18.3. The van der Waals surface area contributed by atoms with Crippen LogP contribution in [0.3, 0.4) is 0 Å². The monoisotopic (exact) mass is 396 g/mol. The Hall–Kier alpha value is -2.22. The van der Waals surface area contributed by atoms with Crippen LogP contribution in [0.2, 0.25) is 0 Å². The first-order valence-corrected chi connectivity index (χ1v) is 9.50. The number of halogens is 3. The summed E-state index contributed by atoms with van der Waals surface area (Å²) >= 11 is 1.54. The van der Waals surface area contributed by atoms with Crippen molar-refractivity contribution < 1.29 is 22.7 Å². The molecule has 1 unspecified atom stereocenters. The van der Waals surface area contributed by atoms with Crippen molar-refractivity contribution in [3.05, 3.63) is 48.3 Å². The maximum absolute atomic E-state index is 12.3. The van der Waals surface area contributed by atoms with Crippen LogP contribution in [0, 0.1) is 5.92 Å². The average Bonchev–Trinajstić information content (AvgIpc) is 2.94. The van der Waals surface area contributed by atoms with Gasteiger partial charge in [-0.1, -0.05) is 26.0 Å². The molecule has 2 heterocycles. The van der Waals surface area contributed by atoms with E-state index in [4.69, 9.17) is 0 Å². The van der Waals surface area contributed by atoms with Crippen molar-refractivity contribution in [2.75, 3.05) is 12.3 Å². The third-order valence-corrected chi connectivity index (χ3v) is 5.28. The van der Waals surface area contributed by atoms with Crippen LogP contribution in [0.25, 0.3) is 11.1 Å². The highest BCUT2D eigenvalue weighted by molar-refractivity contribution is 8.00. The number of alkyl halides is 3. The Bertz CT molecular complexity index is 809. The van der Waals surface area contributed by atoms with Gasteiger partial charge in [0.05, 0.1) is 5.75 Å². The quantitative estimate of drug-likeness (QED) is 0.723. The molecule has 0 spiro atoms. The summed E-state index contributed by atoms with van der Waals surface area (Å²) < 4.78 is 41.0. The predicted octanol–water partition coefficient (Wildman–Crippen LogP) is 4.88. The highest BCUT2D eigenvalue weighted by Gasteiger charge is 2.35. The standard InChI is InChI=1S/C19H19F3N2O2S/c1-12(2)10-24-17(25)11-27-18(24)16-9-23-8-7-15(16)13-3-5-14(6-4-13)26-19(20,21)22/h3-9,12,18H,10-11H2,1-2H3. The summed E-state index contributed by atoms with van der Waals surface area (Å²) in [6, 6.07) is 7.53. The van der Waals surface area contributed by atoms with E-state index >= 15 is 0 Å². The van der Waals surface area contributed by atoms with E-state index < -0.39 is 6.36 Å². The van der Waals surface area contributed by atoms with Crippen LogP contribution in [0.5, 0.6) is 5.75 Å². The number of hydrogen-bond acceptors (Lipinski definition) is 4. The van der Waals surface area contributed by atoms with Gasteiger partial charge in [0, 0.05) is 24.5 Å².